The third-order valence-electron chi connectivity index (χ3n) is 2.54. The number of allylic oxidation sites excluding steroid dienone is 1. The van der Waals surface area contributed by atoms with Crippen molar-refractivity contribution in [3.05, 3.63) is 34.9 Å². The molecule has 0 fully saturated rings. The Morgan fingerprint density at radius 3 is 2.27 bits per heavy atom. The molecule has 0 saturated carbocycles. The molecule has 0 radical (unpaired) electrons. The monoisotopic (exact) mass is 204 g/mol. The van der Waals surface area contributed by atoms with E-state index in [0.717, 1.165) is 11.1 Å². The highest BCUT2D eigenvalue weighted by molar-refractivity contribution is 5.58. The first-order valence-electron chi connectivity index (χ1n) is 5.33. The number of benzene rings is 1. The molecule has 0 aromatic heterocycles. The molecule has 0 aliphatic rings. The first-order valence-corrected chi connectivity index (χ1v) is 5.33. The first kappa shape index (κ1) is 11.8. The largest absolute Gasteiger partial charge is 0.508 e. The van der Waals surface area contributed by atoms with Crippen molar-refractivity contribution in [1.82, 2.24) is 0 Å². The summed E-state index contributed by atoms with van der Waals surface area (Å²) in [5, 5.41) is 9.90. The molecule has 0 atom stereocenters. The van der Waals surface area contributed by atoms with Crippen molar-refractivity contribution in [1.29, 1.82) is 0 Å². The molecule has 0 aliphatic carbocycles. The molecule has 0 heterocycles. The van der Waals surface area contributed by atoms with Crippen molar-refractivity contribution in [3.8, 4) is 5.75 Å². The van der Waals surface area contributed by atoms with Gasteiger partial charge in [-0.15, -0.1) is 0 Å². The predicted molar refractivity (Wildman–Crippen MR) is 66.3 cm³/mol. The van der Waals surface area contributed by atoms with E-state index in [1.165, 1.54) is 5.56 Å². The van der Waals surface area contributed by atoms with Crippen molar-refractivity contribution in [2.75, 3.05) is 0 Å². The first-order chi connectivity index (χ1) is 6.86. The molecule has 1 nitrogen and oxygen atoms in total. The normalized spacial score (nSPS) is 12.3. The Balaban J connectivity index is 3.36. The lowest BCUT2D eigenvalue weighted by Crippen LogP contribution is -2.11. The Hall–Kier alpha value is -1.24. The van der Waals surface area contributed by atoms with Gasteiger partial charge in [0, 0.05) is 0 Å². The van der Waals surface area contributed by atoms with Crippen LogP contribution in [0.1, 0.15) is 44.4 Å². The maximum atomic E-state index is 9.90. The van der Waals surface area contributed by atoms with Crippen LogP contribution in [0, 0.1) is 6.92 Å². The number of hydrogen-bond acceptors (Lipinski definition) is 1. The van der Waals surface area contributed by atoms with Crippen molar-refractivity contribution < 1.29 is 5.11 Å². The summed E-state index contributed by atoms with van der Waals surface area (Å²) in [6, 6.07) is 3.92. The average molecular weight is 204 g/mol. The Morgan fingerprint density at radius 2 is 1.80 bits per heavy atom. The van der Waals surface area contributed by atoms with E-state index in [1.54, 1.807) is 0 Å². The van der Waals surface area contributed by atoms with Gasteiger partial charge >= 0.3 is 0 Å². The highest BCUT2D eigenvalue weighted by Crippen LogP contribution is 2.33. The second-order valence-electron chi connectivity index (χ2n) is 4.98. The Kier molecular flexibility index (Phi) is 3.23. The van der Waals surface area contributed by atoms with Crippen LogP contribution in [0.5, 0.6) is 5.75 Å². The van der Waals surface area contributed by atoms with Crippen LogP contribution < -0.4 is 0 Å². The third kappa shape index (κ3) is 2.62. The molecule has 0 aliphatic heterocycles. The topological polar surface area (TPSA) is 20.2 Å². The van der Waals surface area contributed by atoms with Gasteiger partial charge in [0.05, 0.1) is 0 Å². The molecule has 0 unspecified atom stereocenters. The Bertz CT molecular complexity index is 381. The van der Waals surface area contributed by atoms with Crippen LogP contribution in [-0.4, -0.2) is 5.11 Å². The fourth-order valence-corrected chi connectivity index (χ4v) is 1.67. The van der Waals surface area contributed by atoms with E-state index in [2.05, 4.69) is 32.9 Å². The van der Waals surface area contributed by atoms with Crippen LogP contribution >= 0.6 is 0 Å². The van der Waals surface area contributed by atoms with Crippen LogP contribution in [0.25, 0.3) is 6.08 Å². The molecule has 0 spiro atoms. The molecule has 15 heavy (non-hydrogen) atoms. The van der Waals surface area contributed by atoms with Gasteiger partial charge in [0.2, 0.25) is 0 Å². The maximum Gasteiger partial charge on any atom is 0.119 e. The van der Waals surface area contributed by atoms with Gasteiger partial charge < -0.3 is 5.11 Å². The van der Waals surface area contributed by atoms with Crippen molar-refractivity contribution in [2.45, 2.75) is 40.0 Å². The van der Waals surface area contributed by atoms with E-state index in [1.807, 2.05) is 26.0 Å². The quantitative estimate of drug-likeness (QED) is 0.732. The van der Waals surface area contributed by atoms with Crippen LogP contribution in [0.15, 0.2) is 18.2 Å². The van der Waals surface area contributed by atoms with Gasteiger partial charge in [0.1, 0.15) is 5.75 Å². The number of rotatable bonds is 1. The smallest absolute Gasteiger partial charge is 0.119 e. The summed E-state index contributed by atoms with van der Waals surface area (Å²) in [4.78, 5) is 0. The van der Waals surface area contributed by atoms with E-state index in [-0.39, 0.29) is 5.41 Å². The fraction of sp³-hybridized carbons (Fsp3) is 0.429. The lowest BCUT2D eigenvalue weighted by atomic mass is 9.84. The number of phenols is 1. The SMILES string of the molecule is CC=Cc1cc(C(C)(C)C)c(O)cc1C. The molecule has 1 aromatic carbocycles. The van der Waals surface area contributed by atoms with Gasteiger partial charge in [-0.3, -0.25) is 0 Å². The second kappa shape index (κ2) is 4.09. The van der Waals surface area contributed by atoms with Crippen LogP contribution in [-0.2, 0) is 5.41 Å². The Labute approximate surface area is 92.5 Å². The number of aryl methyl sites for hydroxylation is 1. The maximum absolute atomic E-state index is 9.90. The third-order valence-corrected chi connectivity index (χ3v) is 2.54. The van der Waals surface area contributed by atoms with Gasteiger partial charge in [-0.1, -0.05) is 32.9 Å². The van der Waals surface area contributed by atoms with E-state index in [4.69, 9.17) is 0 Å². The molecular weight excluding hydrogens is 184 g/mol. The molecule has 82 valence electrons. The molecule has 0 amide bonds. The molecule has 1 heteroatoms. The Morgan fingerprint density at radius 1 is 1.20 bits per heavy atom. The van der Waals surface area contributed by atoms with Crippen molar-refractivity contribution in [3.63, 3.8) is 0 Å². The van der Waals surface area contributed by atoms with E-state index < -0.39 is 0 Å². The zero-order valence-corrected chi connectivity index (χ0v) is 10.3. The summed E-state index contributed by atoms with van der Waals surface area (Å²) in [6.45, 7) is 10.3. The standard InChI is InChI=1S/C14H20O/c1-6-7-11-9-12(14(3,4)5)13(15)8-10(11)2/h6-9,15H,1-5H3. The van der Waals surface area contributed by atoms with E-state index in [9.17, 15) is 5.11 Å². The molecule has 1 N–H and O–H groups in total. The van der Waals surface area contributed by atoms with Gasteiger partial charge in [0.25, 0.3) is 0 Å². The number of phenolic OH excluding ortho intramolecular Hbond substituents is 1. The lowest BCUT2D eigenvalue weighted by molar-refractivity contribution is 0.446. The second-order valence-corrected chi connectivity index (χ2v) is 4.98. The van der Waals surface area contributed by atoms with E-state index >= 15 is 0 Å². The van der Waals surface area contributed by atoms with Gasteiger partial charge in [-0.25, -0.2) is 0 Å². The summed E-state index contributed by atoms with van der Waals surface area (Å²) in [6.07, 6.45) is 4.09. The van der Waals surface area contributed by atoms with Crippen LogP contribution in [0.2, 0.25) is 0 Å². The zero-order valence-electron chi connectivity index (χ0n) is 10.3. The van der Waals surface area contributed by atoms with Crippen LogP contribution in [0.4, 0.5) is 0 Å². The van der Waals surface area contributed by atoms with E-state index in [0.29, 0.717) is 5.75 Å². The lowest BCUT2D eigenvalue weighted by Gasteiger charge is -2.21. The summed E-state index contributed by atoms with van der Waals surface area (Å²) in [5.41, 5.74) is 3.27. The average Bonchev–Trinajstić information content (AvgIpc) is 2.07. The van der Waals surface area contributed by atoms with Crippen molar-refractivity contribution >= 4 is 6.08 Å². The molecule has 0 saturated heterocycles. The van der Waals surface area contributed by atoms with Gasteiger partial charge in [-0.05, 0) is 48.1 Å². The summed E-state index contributed by atoms with van der Waals surface area (Å²) in [5.74, 6) is 0.397. The minimum Gasteiger partial charge on any atom is -0.508 e. The molecule has 1 aromatic rings. The minimum atomic E-state index is -0.0197. The van der Waals surface area contributed by atoms with Gasteiger partial charge in [-0.2, -0.15) is 0 Å². The number of aromatic hydroxyl groups is 1. The number of hydrogen-bond donors (Lipinski definition) is 1. The molecule has 0 bridgehead atoms. The molecule has 1 rings (SSSR count). The fourth-order valence-electron chi connectivity index (χ4n) is 1.67. The van der Waals surface area contributed by atoms with Gasteiger partial charge in [0.15, 0.2) is 0 Å². The highest BCUT2D eigenvalue weighted by Gasteiger charge is 2.18. The zero-order chi connectivity index (χ0) is 11.6. The summed E-state index contributed by atoms with van der Waals surface area (Å²) < 4.78 is 0. The summed E-state index contributed by atoms with van der Waals surface area (Å²) in [7, 11) is 0. The van der Waals surface area contributed by atoms with Crippen LogP contribution in [0.3, 0.4) is 0 Å². The summed E-state index contributed by atoms with van der Waals surface area (Å²) >= 11 is 0. The predicted octanol–water partition coefficient (Wildman–Crippen LogP) is 4.03. The minimum absolute atomic E-state index is 0.0197. The molecular formula is C14H20O. The highest BCUT2D eigenvalue weighted by atomic mass is 16.3. The van der Waals surface area contributed by atoms with Crippen molar-refractivity contribution in [2.24, 2.45) is 0 Å².